The number of carbonyl (C=O) groups excluding carboxylic acids is 1. The van der Waals surface area contributed by atoms with Gasteiger partial charge in [0.2, 0.25) is 5.91 Å². The summed E-state index contributed by atoms with van der Waals surface area (Å²) in [6, 6.07) is 10.0. The van der Waals surface area contributed by atoms with Crippen molar-refractivity contribution in [3.05, 3.63) is 30.3 Å². The molecule has 0 unspecified atom stereocenters. The van der Waals surface area contributed by atoms with E-state index in [1.165, 1.54) is 0 Å². The van der Waals surface area contributed by atoms with Gasteiger partial charge in [-0.25, -0.2) is 0 Å². The Morgan fingerprint density at radius 3 is 2.26 bits per heavy atom. The Labute approximate surface area is 119 Å². The maximum absolute atomic E-state index is 12.0. The predicted molar refractivity (Wildman–Crippen MR) is 82.6 cm³/mol. The molecule has 19 heavy (non-hydrogen) atoms. The molecule has 0 bridgehead atoms. The summed E-state index contributed by atoms with van der Waals surface area (Å²) in [6.45, 7) is 9.03. The van der Waals surface area contributed by atoms with Crippen molar-refractivity contribution in [2.24, 2.45) is 0 Å². The third-order valence-electron chi connectivity index (χ3n) is 3.45. The van der Waals surface area contributed by atoms with Crippen molar-refractivity contribution in [3.8, 4) is 0 Å². The average molecular weight is 278 g/mol. The molecule has 0 saturated carbocycles. The summed E-state index contributed by atoms with van der Waals surface area (Å²) in [5.41, 5.74) is 0.971. The summed E-state index contributed by atoms with van der Waals surface area (Å²) in [5, 5.41) is 6.28. The zero-order chi connectivity index (χ0) is 14.1. The molecule has 1 saturated heterocycles. The third kappa shape index (κ3) is 3.24. The minimum atomic E-state index is 0.0512. The van der Waals surface area contributed by atoms with Crippen molar-refractivity contribution in [1.29, 1.82) is 0 Å². The molecule has 2 N–H and O–H groups in total. The second-order valence-electron chi connectivity index (χ2n) is 6.03. The second-order valence-corrected chi connectivity index (χ2v) is 8.34. The number of nitrogens with one attached hydrogen (secondary N) is 2. The summed E-state index contributed by atoms with van der Waals surface area (Å²) in [7, 11) is 0. The monoisotopic (exact) mass is 278 g/mol. The topological polar surface area (TPSA) is 41.1 Å². The van der Waals surface area contributed by atoms with Gasteiger partial charge in [-0.1, -0.05) is 18.2 Å². The van der Waals surface area contributed by atoms with Crippen LogP contribution in [0.4, 0.5) is 5.69 Å². The summed E-state index contributed by atoms with van der Waals surface area (Å²) < 4.78 is 0.234. The fourth-order valence-electron chi connectivity index (χ4n) is 2.87. The Kier molecular flexibility index (Phi) is 3.81. The lowest BCUT2D eigenvalue weighted by molar-refractivity contribution is -0.120. The highest BCUT2D eigenvalue weighted by molar-refractivity contribution is 8.03. The molecule has 1 fully saturated rings. The van der Waals surface area contributed by atoms with Gasteiger partial charge in [0.1, 0.15) is 0 Å². The Morgan fingerprint density at radius 1 is 1.16 bits per heavy atom. The van der Waals surface area contributed by atoms with Gasteiger partial charge < -0.3 is 10.6 Å². The number of anilines is 1. The first-order chi connectivity index (χ1) is 8.81. The molecule has 104 valence electrons. The fourth-order valence-corrected chi connectivity index (χ4v) is 4.99. The van der Waals surface area contributed by atoms with Crippen LogP contribution in [0.1, 0.15) is 27.7 Å². The zero-order valence-corrected chi connectivity index (χ0v) is 12.8. The van der Waals surface area contributed by atoms with E-state index >= 15 is 0 Å². The van der Waals surface area contributed by atoms with Gasteiger partial charge in [0.15, 0.2) is 0 Å². The predicted octanol–water partition coefficient (Wildman–Crippen LogP) is 2.89. The van der Waals surface area contributed by atoms with E-state index in [2.05, 4.69) is 38.3 Å². The van der Waals surface area contributed by atoms with Crippen LogP contribution in [0.15, 0.2) is 30.3 Å². The van der Waals surface area contributed by atoms with Gasteiger partial charge in [-0.3, -0.25) is 4.79 Å². The maximum atomic E-state index is 12.0. The quantitative estimate of drug-likeness (QED) is 0.890. The van der Waals surface area contributed by atoms with Gasteiger partial charge in [-0.05, 0) is 39.8 Å². The Bertz CT molecular complexity index is 442. The van der Waals surface area contributed by atoms with Crippen LogP contribution in [0.3, 0.4) is 0 Å². The van der Waals surface area contributed by atoms with Crippen molar-refractivity contribution >= 4 is 23.4 Å². The van der Waals surface area contributed by atoms with Gasteiger partial charge >= 0.3 is 0 Å². The first kappa shape index (κ1) is 14.3. The van der Waals surface area contributed by atoms with E-state index in [0.717, 1.165) is 5.69 Å². The molecule has 3 nitrogen and oxygen atoms in total. The lowest BCUT2D eigenvalue weighted by atomic mass is 9.89. The first-order valence-corrected chi connectivity index (χ1v) is 7.41. The van der Waals surface area contributed by atoms with Gasteiger partial charge in [-0.15, -0.1) is 11.8 Å². The third-order valence-corrected chi connectivity index (χ3v) is 4.97. The largest absolute Gasteiger partial charge is 0.376 e. The standard InChI is InChI=1S/C15H22N2OS/c1-14(2)13(15(3,4)19-14)17-12(18)10-16-11-8-6-5-7-9-11/h5-9,13,16H,10H2,1-4H3,(H,17,18). The maximum Gasteiger partial charge on any atom is 0.239 e. The van der Waals surface area contributed by atoms with E-state index in [9.17, 15) is 4.79 Å². The van der Waals surface area contributed by atoms with E-state index in [4.69, 9.17) is 0 Å². The van der Waals surface area contributed by atoms with E-state index in [0.29, 0.717) is 6.54 Å². The number of hydrogen-bond donors (Lipinski definition) is 2. The lowest BCUT2D eigenvalue weighted by Crippen LogP contribution is -2.67. The molecule has 0 spiro atoms. The molecule has 1 aromatic rings. The molecule has 1 aliphatic rings. The number of para-hydroxylation sites is 1. The molecule has 4 heteroatoms. The van der Waals surface area contributed by atoms with Gasteiger partial charge in [0.05, 0.1) is 12.6 Å². The molecule has 1 aliphatic heterocycles. The van der Waals surface area contributed by atoms with Crippen LogP contribution in [-0.2, 0) is 4.79 Å². The van der Waals surface area contributed by atoms with Crippen molar-refractivity contribution < 1.29 is 4.79 Å². The fraction of sp³-hybridized carbons (Fsp3) is 0.533. The molecule has 1 aromatic carbocycles. The number of benzene rings is 1. The van der Waals surface area contributed by atoms with Crippen LogP contribution in [0.25, 0.3) is 0 Å². The zero-order valence-electron chi connectivity index (χ0n) is 12.0. The molecule has 0 radical (unpaired) electrons. The summed E-state index contributed by atoms with van der Waals surface area (Å²) in [6.07, 6.45) is 0. The van der Waals surface area contributed by atoms with Crippen LogP contribution in [0.5, 0.6) is 0 Å². The van der Waals surface area contributed by atoms with E-state index in [1.54, 1.807) is 0 Å². The van der Waals surface area contributed by atoms with Crippen LogP contribution in [0, 0.1) is 0 Å². The van der Waals surface area contributed by atoms with Gasteiger partial charge in [-0.2, -0.15) is 0 Å². The minimum absolute atomic E-state index is 0.0512. The van der Waals surface area contributed by atoms with E-state index < -0.39 is 0 Å². The molecule has 0 atom stereocenters. The number of rotatable bonds is 4. The number of thioether (sulfide) groups is 1. The summed E-state index contributed by atoms with van der Waals surface area (Å²) in [4.78, 5) is 12.0. The highest BCUT2D eigenvalue weighted by atomic mass is 32.2. The molecular weight excluding hydrogens is 256 g/mol. The van der Waals surface area contributed by atoms with E-state index in [-0.39, 0.29) is 21.4 Å². The van der Waals surface area contributed by atoms with Gasteiger partial charge in [0.25, 0.3) is 0 Å². The van der Waals surface area contributed by atoms with Crippen molar-refractivity contribution in [2.45, 2.75) is 43.2 Å². The SMILES string of the molecule is CC1(C)SC(C)(C)C1NC(=O)CNc1ccccc1. The molecule has 1 amide bonds. The number of hydrogen-bond acceptors (Lipinski definition) is 3. The highest BCUT2D eigenvalue weighted by Crippen LogP contribution is 2.54. The summed E-state index contributed by atoms with van der Waals surface area (Å²) in [5.74, 6) is 0.0512. The average Bonchev–Trinajstić information content (AvgIpc) is 2.33. The second kappa shape index (κ2) is 5.08. The molecule has 0 aromatic heterocycles. The van der Waals surface area contributed by atoms with Crippen molar-refractivity contribution in [1.82, 2.24) is 5.32 Å². The van der Waals surface area contributed by atoms with Crippen LogP contribution >= 0.6 is 11.8 Å². The molecule has 0 aliphatic carbocycles. The number of carbonyl (C=O) groups is 1. The molecule has 2 rings (SSSR count). The minimum Gasteiger partial charge on any atom is -0.376 e. The van der Waals surface area contributed by atoms with E-state index in [1.807, 2.05) is 42.1 Å². The van der Waals surface area contributed by atoms with Crippen LogP contribution in [-0.4, -0.2) is 28.0 Å². The van der Waals surface area contributed by atoms with Crippen molar-refractivity contribution in [2.75, 3.05) is 11.9 Å². The van der Waals surface area contributed by atoms with Gasteiger partial charge in [0, 0.05) is 15.2 Å². The molecule has 1 heterocycles. The van der Waals surface area contributed by atoms with Crippen LogP contribution in [0.2, 0.25) is 0 Å². The Balaban J connectivity index is 1.85. The Hall–Kier alpha value is -1.16. The Morgan fingerprint density at radius 2 is 1.74 bits per heavy atom. The normalized spacial score (nSPS) is 20.4. The van der Waals surface area contributed by atoms with Crippen molar-refractivity contribution in [3.63, 3.8) is 0 Å². The van der Waals surface area contributed by atoms with Crippen LogP contribution < -0.4 is 10.6 Å². The number of amides is 1. The highest BCUT2D eigenvalue weighted by Gasteiger charge is 2.54. The molecular formula is C15H22N2OS. The summed E-state index contributed by atoms with van der Waals surface area (Å²) >= 11 is 1.92. The lowest BCUT2D eigenvalue weighted by Gasteiger charge is -2.56. The first-order valence-electron chi connectivity index (χ1n) is 6.60. The smallest absolute Gasteiger partial charge is 0.239 e.